The van der Waals surface area contributed by atoms with Gasteiger partial charge in [0.15, 0.2) is 0 Å². The van der Waals surface area contributed by atoms with Crippen LogP contribution >= 0.6 is 0 Å². The number of aromatic nitrogens is 1. The summed E-state index contributed by atoms with van der Waals surface area (Å²) in [5.41, 5.74) is 0.968. The van der Waals surface area contributed by atoms with Crippen LogP contribution in [0.1, 0.15) is 30.6 Å². The number of halogens is 2. The number of nitrogens with zero attached hydrogens (tertiary/aromatic N) is 2. The fourth-order valence-corrected chi connectivity index (χ4v) is 3.26. The van der Waals surface area contributed by atoms with E-state index in [0.717, 1.165) is 18.2 Å². The summed E-state index contributed by atoms with van der Waals surface area (Å²) in [5.74, 6) is -1.71. The lowest BCUT2D eigenvalue weighted by Gasteiger charge is -2.37. The van der Waals surface area contributed by atoms with Crippen molar-refractivity contribution >= 4 is 11.9 Å². The van der Waals surface area contributed by atoms with E-state index in [0.29, 0.717) is 19.6 Å². The van der Waals surface area contributed by atoms with Gasteiger partial charge in [-0.1, -0.05) is 13.0 Å². The Bertz CT molecular complexity index is 837. The molecule has 0 bridgehead atoms. The van der Waals surface area contributed by atoms with Gasteiger partial charge in [0.25, 0.3) is 0 Å². The molecule has 0 spiro atoms. The topological polar surface area (TPSA) is 66.4 Å². The second kappa shape index (κ2) is 8.20. The Morgan fingerprint density at radius 2 is 2.00 bits per heavy atom. The summed E-state index contributed by atoms with van der Waals surface area (Å²) in [7, 11) is 0. The van der Waals surface area contributed by atoms with Gasteiger partial charge in [-0.25, -0.2) is 13.6 Å². The second-order valence-corrected chi connectivity index (χ2v) is 6.39. The molecule has 1 aromatic carbocycles. The third-order valence-corrected chi connectivity index (χ3v) is 4.55. The monoisotopic (exact) mass is 376 g/mol. The third-order valence-electron chi connectivity index (χ3n) is 4.55. The molecular weight excluding hydrogens is 354 g/mol. The van der Waals surface area contributed by atoms with E-state index in [-0.39, 0.29) is 18.0 Å². The third kappa shape index (κ3) is 4.10. The van der Waals surface area contributed by atoms with E-state index in [1.807, 2.05) is 29.8 Å². The Hall–Kier alpha value is -2.90. The molecule has 1 aliphatic heterocycles. The maximum absolute atomic E-state index is 14.5. The fourth-order valence-electron chi connectivity index (χ4n) is 3.26. The van der Waals surface area contributed by atoms with Crippen LogP contribution in [0.4, 0.5) is 13.6 Å². The van der Waals surface area contributed by atoms with Crippen molar-refractivity contribution in [1.82, 2.24) is 20.1 Å². The minimum absolute atomic E-state index is 0.199. The van der Waals surface area contributed by atoms with E-state index in [4.69, 9.17) is 0 Å². The largest absolute Gasteiger partial charge is 0.348 e. The van der Waals surface area contributed by atoms with E-state index in [1.165, 1.54) is 17.0 Å². The van der Waals surface area contributed by atoms with Crippen LogP contribution in [0, 0.1) is 11.6 Å². The summed E-state index contributed by atoms with van der Waals surface area (Å²) >= 11 is 0. The minimum atomic E-state index is -0.707. The van der Waals surface area contributed by atoms with Gasteiger partial charge in [-0.05, 0) is 24.6 Å². The number of hydrogen-bond acceptors (Lipinski definition) is 2. The molecule has 3 rings (SSSR count). The Morgan fingerprint density at radius 3 is 2.74 bits per heavy atom. The fraction of sp³-hybridized carbons (Fsp3) is 0.368. The molecule has 2 aromatic rings. The van der Waals surface area contributed by atoms with E-state index in [1.54, 1.807) is 0 Å². The highest BCUT2D eigenvalue weighted by molar-refractivity contribution is 5.84. The van der Waals surface area contributed by atoms with Crippen LogP contribution in [0.2, 0.25) is 0 Å². The Balaban J connectivity index is 1.83. The number of benzene rings is 1. The Labute approximate surface area is 156 Å². The highest BCUT2D eigenvalue weighted by atomic mass is 19.1. The van der Waals surface area contributed by atoms with Crippen molar-refractivity contribution in [2.75, 3.05) is 19.6 Å². The lowest BCUT2D eigenvalue weighted by molar-refractivity contribution is -0.132. The Morgan fingerprint density at radius 1 is 1.19 bits per heavy atom. The smallest absolute Gasteiger partial charge is 0.315 e. The minimum Gasteiger partial charge on any atom is -0.348 e. The standard InChI is InChI=1S/C19H22F2N4O2/c1-2-7-22-19(27)23-12-17(26)25-10-9-24-8-3-4-16(24)18(25)14-6-5-13(20)11-15(14)21/h3-6,8,11,18H,2,7,9-10,12H2,1H3,(H2,22,23,27)/t18-/m1/s1. The summed E-state index contributed by atoms with van der Waals surface area (Å²) in [6.07, 6.45) is 2.65. The molecule has 1 atom stereocenters. The number of carbonyl (C=O) groups is 2. The average Bonchev–Trinajstić information content (AvgIpc) is 3.13. The van der Waals surface area contributed by atoms with Crippen LogP contribution in [0.5, 0.6) is 0 Å². The lowest BCUT2D eigenvalue weighted by atomic mass is 9.99. The van der Waals surface area contributed by atoms with Gasteiger partial charge < -0.3 is 20.1 Å². The van der Waals surface area contributed by atoms with E-state index in [2.05, 4.69) is 10.6 Å². The molecule has 0 saturated carbocycles. The highest BCUT2D eigenvalue weighted by Crippen LogP contribution is 2.34. The second-order valence-electron chi connectivity index (χ2n) is 6.39. The van der Waals surface area contributed by atoms with Crippen LogP contribution in [0.3, 0.4) is 0 Å². The molecule has 3 amide bonds. The van der Waals surface area contributed by atoms with Gasteiger partial charge in [0.1, 0.15) is 17.7 Å². The molecule has 1 aliphatic rings. The van der Waals surface area contributed by atoms with Crippen molar-refractivity contribution in [3.8, 4) is 0 Å². The number of urea groups is 1. The summed E-state index contributed by atoms with van der Waals surface area (Å²) in [6, 6.07) is 5.90. The van der Waals surface area contributed by atoms with Crippen LogP contribution in [-0.4, -0.2) is 41.0 Å². The van der Waals surface area contributed by atoms with Crippen LogP contribution < -0.4 is 10.6 Å². The van der Waals surface area contributed by atoms with E-state index >= 15 is 0 Å². The normalized spacial score (nSPS) is 16.0. The summed E-state index contributed by atoms with van der Waals surface area (Å²) in [6.45, 7) is 3.17. The number of fused-ring (bicyclic) bond motifs is 1. The summed E-state index contributed by atoms with van der Waals surface area (Å²) in [4.78, 5) is 26.0. The van der Waals surface area contributed by atoms with Gasteiger partial charge in [0.05, 0.1) is 6.54 Å². The first-order valence-corrected chi connectivity index (χ1v) is 8.92. The van der Waals surface area contributed by atoms with Gasteiger partial charge in [-0.15, -0.1) is 0 Å². The first-order valence-electron chi connectivity index (χ1n) is 8.92. The van der Waals surface area contributed by atoms with Gasteiger partial charge in [0, 0.05) is 43.2 Å². The van der Waals surface area contributed by atoms with Crippen molar-refractivity contribution in [2.24, 2.45) is 0 Å². The van der Waals surface area contributed by atoms with E-state index < -0.39 is 23.7 Å². The molecule has 0 saturated heterocycles. The molecule has 1 aromatic heterocycles. The number of hydrogen-bond donors (Lipinski definition) is 2. The predicted molar refractivity (Wildman–Crippen MR) is 96.0 cm³/mol. The van der Waals surface area contributed by atoms with Crippen LogP contribution in [-0.2, 0) is 11.3 Å². The molecule has 0 radical (unpaired) electrons. The molecule has 6 nitrogen and oxygen atoms in total. The molecular formula is C19H22F2N4O2. The Kier molecular flexibility index (Phi) is 5.73. The van der Waals surface area contributed by atoms with Crippen LogP contribution in [0.15, 0.2) is 36.5 Å². The number of amides is 3. The zero-order valence-electron chi connectivity index (χ0n) is 15.0. The first kappa shape index (κ1) is 18.9. The average molecular weight is 376 g/mol. The van der Waals surface area contributed by atoms with Crippen molar-refractivity contribution in [1.29, 1.82) is 0 Å². The predicted octanol–water partition coefficient (Wildman–Crippen LogP) is 2.41. The van der Waals surface area contributed by atoms with Crippen molar-refractivity contribution in [3.63, 3.8) is 0 Å². The summed E-state index contributed by atoms with van der Waals surface area (Å²) in [5, 5.41) is 5.16. The maximum atomic E-state index is 14.5. The zero-order chi connectivity index (χ0) is 19.4. The van der Waals surface area contributed by atoms with Gasteiger partial charge in [-0.3, -0.25) is 4.79 Å². The molecule has 0 aliphatic carbocycles. The van der Waals surface area contributed by atoms with Crippen LogP contribution in [0.25, 0.3) is 0 Å². The van der Waals surface area contributed by atoms with Gasteiger partial charge >= 0.3 is 6.03 Å². The first-order chi connectivity index (χ1) is 13.0. The van der Waals surface area contributed by atoms with E-state index in [9.17, 15) is 18.4 Å². The molecule has 2 N–H and O–H groups in total. The lowest BCUT2D eigenvalue weighted by Crippen LogP contribution is -2.48. The molecule has 0 unspecified atom stereocenters. The molecule has 2 heterocycles. The number of carbonyl (C=O) groups excluding carboxylic acids is 2. The van der Waals surface area contributed by atoms with Crippen molar-refractivity contribution in [3.05, 3.63) is 59.4 Å². The molecule has 144 valence electrons. The maximum Gasteiger partial charge on any atom is 0.315 e. The number of nitrogens with one attached hydrogen (secondary N) is 2. The quantitative estimate of drug-likeness (QED) is 0.842. The number of rotatable bonds is 5. The highest BCUT2D eigenvalue weighted by Gasteiger charge is 2.33. The molecule has 0 fully saturated rings. The summed E-state index contributed by atoms with van der Waals surface area (Å²) < 4.78 is 29.7. The molecule has 27 heavy (non-hydrogen) atoms. The van der Waals surface area contributed by atoms with Gasteiger partial charge in [-0.2, -0.15) is 0 Å². The molecule has 8 heteroatoms. The van der Waals surface area contributed by atoms with Gasteiger partial charge in [0.2, 0.25) is 5.91 Å². The SMILES string of the molecule is CCCNC(=O)NCC(=O)N1CCn2cccc2[C@H]1c1ccc(F)cc1F. The zero-order valence-corrected chi connectivity index (χ0v) is 15.0. The van der Waals surface area contributed by atoms with Crippen molar-refractivity contribution < 1.29 is 18.4 Å². The van der Waals surface area contributed by atoms with Crippen molar-refractivity contribution in [2.45, 2.75) is 25.9 Å².